The molecule has 1 amide bonds. The van der Waals surface area contributed by atoms with Gasteiger partial charge in [-0.2, -0.15) is 0 Å². The van der Waals surface area contributed by atoms with Crippen LogP contribution in [0.15, 0.2) is 24.3 Å². The van der Waals surface area contributed by atoms with E-state index in [0.717, 1.165) is 32.1 Å². The van der Waals surface area contributed by atoms with Gasteiger partial charge in [0.05, 0.1) is 10.5 Å². The normalized spacial score (nSPS) is 24.5. The molecule has 6 heteroatoms. The SMILES string of the molecule is O=C1CC(C2(O)CCCCC2)CN1c1ccc([N+](=O)[O-])cc1. The maximum atomic E-state index is 12.3. The molecule has 0 aromatic heterocycles. The van der Waals surface area contributed by atoms with E-state index in [-0.39, 0.29) is 17.5 Å². The van der Waals surface area contributed by atoms with Gasteiger partial charge in [0.2, 0.25) is 5.91 Å². The van der Waals surface area contributed by atoms with E-state index in [9.17, 15) is 20.0 Å². The van der Waals surface area contributed by atoms with Crippen LogP contribution in [0.2, 0.25) is 0 Å². The highest BCUT2D eigenvalue weighted by molar-refractivity contribution is 5.96. The molecule has 2 aliphatic rings. The first kappa shape index (κ1) is 15.0. The van der Waals surface area contributed by atoms with Crippen molar-refractivity contribution >= 4 is 17.3 Å². The van der Waals surface area contributed by atoms with Crippen molar-refractivity contribution in [2.45, 2.75) is 44.1 Å². The highest BCUT2D eigenvalue weighted by Crippen LogP contribution is 2.40. The molecule has 0 spiro atoms. The minimum Gasteiger partial charge on any atom is -0.390 e. The number of rotatable bonds is 3. The van der Waals surface area contributed by atoms with E-state index in [0.29, 0.717) is 18.7 Å². The molecule has 22 heavy (non-hydrogen) atoms. The largest absolute Gasteiger partial charge is 0.390 e. The van der Waals surface area contributed by atoms with Crippen LogP contribution < -0.4 is 4.90 Å². The van der Waals surface area contributed by atoms with Crippen LogP contribution >= 0.6 is 0 Å². The molecular formula is C16H20N2O4. The second-order valence-electron chi connectivity index (χ2n) is 6.34. The van der Waals surface area contributed by atoms with Crippen molar-refractivity contribution in [3.8, 4) is 0 Å². The summed E-state index contributed by atoms with van der Waals surface area (Å²) in [5.74, 6) is -0.0617. The predicted molar refractivity (Wildman–Crippen MR) is 81.6 cm³/mol. The number of hydrogen-bond donors (Lipinski definition) is 1. The lowest BCUT2D eigenvalue weighted by Crippen LogP contribution is -2.41. The first-order valence-corrected chi connectivity index (χ1v) is 7.77. The minimum absolute atomic E-state index is 0.0119. The predicted octanol–water partition coefficient (Wildman–Crippen LogP) is 2.64. The van der Waals surface area contributed by atoms with E-state index in [1.54, 1.807) is 17.0 Å². The number of nitro groups is 1. The molecule has 1 aliphatic heterocycles. The van der Waals surface area contributed by atoms with Crippen LogP contribution in [-0.2, 0) is 4.79 Å². The lowest BCUT2D eigenvalue weighted by Gasteiger charge is -2.37. The van der Waals surface area contributed by atoms with Crippen LogP contribution in [-0.4, -0.2) is 28.1 Å². The summed E-state index contributed by atoms with van der Waals surface area (Å²) in [5, 5.41) is 21.5. The summed E-state index contributed by atoms with van der Waals surface area (Å²) in [6, 6.07) is 6.02. The van der Waals surface area contributed by atoms with Crippen molar-refractivity contribution in [2.75, 3.05) is 11.4 Å². The van der Waals surface area contributed by atoms with Crippen molar-refractivity contribution in [3.05, 3.63) is 34.4 Å². The third-order valence-corrected chi connectivity index (χ3v) is 4.98. The zero-order valence-corrected chi connectivity index (χ0v) is 12.4. The Bertz CT molecular complexity index is 578. The van der Waals surface area contributed by atoms with Crippen LogP contribution in [0.3, 0.4) is 0 Å². The summed E-state index contributed by atoms with van der Waals surface area (Å²) in [4.78, 5) is 24.1. The molecule has 0 bridgehead atoms. The van der Waals surface area contributed by atoms with E-state index in [2.05, 4.69) is 0 Å². The number of benzene rings is 1. The first-order valence-electron chi connectivity index (χ1n) is 7.77. The molecule has 1 saturated carbocycles. The van der Waals surface area contributed by atoms with Gasteiger partial charge in [0.25, 0.3) is 5.69 Å². The third-order valence-electron chi connectivity index (χ3n) is 4.98. The van der Waals surface area contributed by atoms with Gasteiger partial charge in [0.1, 0.15) is 0 Å². The number of carbonyl (C=O) groups excluding carboxylic acids is 1. The smallest absolute Gasteiger partial charge is 0.269 e. The molecule has 1 saturated heterocycles. The van der Waals surface area contributed by atoms with Crippen LogP contribution in [0.4, 0.5) is 11.4 Å². The summed E-state index contributed by atoms with van der Waals surface area (Å²) >= 11 is 0. The monoisotopic (exact) mass is 304 g/mol. The van der Waals surface area contributed by atoms with E-state index < -0.39 is 10.5 Å². The number of nitrogens with zero attached hydrogens (tertiary/aromatic N) is 2. The highest BCUT2D eigenvalue weighted by atomic mass is 16.6. The molecule has 3 rings (SSSR count). The molecule has 1 aromatic carbocycles. The van der Waals surface area contributed by atoms with E-state index in [1.807, 2.05) is 0 Å². The quantitative estimate of drug-likeness (QED) is 0.687. The van der Waals surface area contributed by atoms with Crippen molar-refractivity contribution in [1.29, 1.82) is 0 Å². The fraction of sp³-hybridized carbons (Fsp3) is 0.562. The summed E-state index contributed by atoms with van der Waals surface area (Å²) in [7, 11) is 0. The zero-order chi connectivity index (χ0) is 15.7. The fourth-order valence-corrected chi connectivity index (χ4v) is 3.64. The van der Waals surface area contributed by atoms with Gasteiger partial charge in [0, 0.05) is 36.7 Å². The number of carbonyl (C=O) groups is 1. The zero-order valence-electron chi connectivity index (χ0n) is 12.4. The Hall–Kier alpha value is -1.95. The van der Waals surface area contributed by atoms with Gasteiger partial charge in [0.15, 0.2) is 0 Å². The molecule has 6 nitrogen and oxygen atoms in total. The standard InChI is InChI=1S/C16H20N2O4/c19-15-10-12(16(20)8-2-1-3-9-16)11-17(15)13-4-6-14(7-5-13)18(21)22/h4-7,12,20H,1-3,8-11H2. The van der Waals surface area contributed by atoms with Crippen LogP contribution in [0.25, 0.3) is 0 Å². The molecule has 1 N–H and O–H groups in total. The molecule has 1 aromatic rings. The number of non-ortho nitro benzene ring substituents is 1. The average molecular weight is 304 g/mol. The van der Waals surface area contributed by atoms with Crippen molar-refractivity contribution in [2.24, 2.45) is 5.92 Å². The molecule has 1 aliphatic carbocycles. The van der Waals surface area contributed by atoms with Gasteiger partial charge >= 0.3 is 0 Å². The van der Waals surface area contributed by atoms with Crippen molar-refractivity contribution in [1.82, 2.24) is 0 Å². The van der Waals surface area contributed by atoms with Gasteiger partial charge in [-0.25, -0.2) is 0 Å². The Labute approximate surface area is 128 Å². The molecule has 0 radical (unpaired) electrons. The third kappa shape index (κ3) is 2.70. The summed E-state index contributed by atoms with van der Waals surface area (Å²) in [6.45, 7) is 0.493. The molecule has 1 heterocycles. The number of anilines is 1. The summed E-state index contributed by atoms with van der Waals surface area (Å²) in [6.07, 6.45) is 5.05. The van der Waals surface area contributed by atoms with Gasteiger partial charge in [-0.05, 0) is 25.0 Å². The Morgan fingerprint density at radius 2 is 1.82 bits per heavy atom. The Kier molecular flexibility index (Phi) is 3.87. The summed E-state index contributed by atoms with van der Waals surface area (Å²) in [5.41, 5.74) is -0.0564. The lowest BCUT2D eigenvalue weighted by molar-refractivity contribution is -0.384. The van der Waals surface area contributed by atoms with Crippen molar-refractivity contribution < 1.29 is 14.8 Å². The van der Waals surface area contributed by atoms with E-state index in [1.165, 1.54) is 12.1 Å². The fourth-order valence-electron chi connectivity index (χ4n) is 3.64. The molecule has 2 fully saturated rings. The second-order valence-corrected chi connectivity index (χ2v) is 6.34. The maximum absolute atomic E-state index is 12.3. The number of aliphatic hydroxyl groups is 1. The number of amides is 1. The summed E-state index contributed by atoms with van der Waals surface area (Å²) < 4.78 is 0. The van der Waals surface area contributed by atoms with Gasteiger partial charge in [-0.15, -0.1) is 0 Å². The van der Waals surface area contributed by atoms with Gasteiger partial charge in [-0.3, -0.25) is 14.9 Å². The molecular weight excluding hydrogens is 284 g/mol. The minimum atomic E-state index is -0.733. The average Bonchev–Trinajstić information content (AvgIpc) is 2.91. The highest BCUT2D eigenvalue weighted by Gasteiger charge is 2.44. The Balaban J connectivity index is 1.75. The molecule has 118 valence electrons. The van der Waals surface area contributed by atoms with Crippen LogP contribution in [0, 0.1) is 16.0 Å². The molecule has 1 atom stereocenters. The second kappa shape index (κ2) is 5.68. The van der Waals surface area contributed by atoms with Gasteiger partial charge in [-0.1, -0.05) is 19.3 Å². The number of hydrogen-bond acceptors (Lipinski definition) is 4. The van der Waals surface area contributed by atoms with E-state index >= 15 is 0 Å². The Morgan fingerprint density at radius 3 is 2.41 bits per heavy atom. The molecule has 1 unspecified atom stereocenters. The lowest BCUT2D eigenvalue weighted by atomic mass is 9.75. The Morgan fingerprint density at radius 1 is 1.18 bits per heavy atom. The van der Waals surface area contributed by atoms with Gasteiger partial charge < -0.3 is 10.0 Å². The first-order chi connectivity index (χ1) is 10.5. The van der Waals surface area contributed by atoms with E-state index in [4.69, 9.17) is 0 Å². The van der Waals surface area contributed by atoms with Crippen molar-refractivity contribution in [3.63, 3.8) is 0 Å². The maximum Gasteiger partial charge on any atom is 0.269 e. The van der Waals surface area contributed by atoms with Crippen LogP contribution in [0.5, 0.6) is 0 Å². The topological polar surface area (TPSA) is 83.7 Å². The van der Waals surface area contributed by atoms with Crippen LogP contribution in [0.1, 0.15) is 38.5 Å². The number of nitro benzene ring substituents is 1.